The monoisotopic (exact) mass is 762 g/mol. The van der Waals surface area contributed by atoms with Gasteiger partial charge in [0.1, 0.15) is 40.6 Å². The molecule has 5 heterocycles. The second-order valence-corrected chi connectivity index (χ2v) is 13.5. The van der Waals surface area contributed by atoms with E-state index in [4.69, 9.17) is 28.3 Å². The van der Waals surface area contributed by atoms with Crippen molar-refractivity contribution < 1.29 is 49.7 Å². The molecule has 4 amide bonds. The van der Waals surface area contributed by atoms with Crippen molar-refractivity contribution in [1.29, 1.82) is 0 Å². The first-order valence-corrected chi connectivity index (χ1v) is 16.9. The predicted octanol–water partition coefficient (Wildman–Crippen LogP) is -0.286. The molecule has 270 valence electrons. The van der Waals surface area contributed by atoms with Crippen LogP contribution in [0.2, 0.25) is 0 Å². The molecular weight excluding hydrogens is 732 g/mol. The third kappa shape index (κ3) is 7.30. The van der Waals surface area contributed by atoms with Gasteiger partial charge in [0, 0.05) is 16.2 Å². The lowest BCUT2D eigenvalue weighted by Crippen LogP contribution is -2.72. The molecule has 2 saturated heterocycles. The van der Waals surface area contributed by atoms with Crippen LogP contribution in [0.5, 0.6) is 0 Å². The average Bonchev–Trinajstić information content (AvgIpc) is 3.54. The van der Waals surface area contributed by atoms with Gasteiger partial charge in [-0.15, -0.1) is 23.1 Å². The van der Waals surface area contributed by atoms with Crippen molar-refractivity contribution in [3.8, 4) is 0 Å². The molecule has 1 aromatic carbocycles. The van der Waals surface area contributed by atoms with Crippen LogP contribution >= 0.6 is 34.7 Å². The van der Waals surface area contributed by atoms with Gasteiger partial charge in [-0.1, -0.05) is 59.7 Å². The third-order valence-electron chi connectivity index (χ3n) is 8.13. The Balaban J connectivity index is 0.000000225. The Morgan fingerprint density at radius 1 is 1.06 bits per heavy atom. The van der Waals surface area contributed by atoms with E-state index in [1.165, 1.54) is 23.2 Å². The van der Waals surface area contributed by atoms with Crippen molar-refractivity contribution in [2.75, 3.05) is 11.5 Å². The Bertz CT molecular complexity index is 1880. The number of rotatable bonds is 9. The van der Waals surface area contributed by atoms with Crippen molar-refractivity contribution >= 4 is 81.1 Å². The molecule has 1 aromatic heterocycles. The minimum atomic E-state index is -1.25. The number of carboxylic acids is 2. The van der Waals surface area contributed by atoms with Crippen LogP contribution < -0.4 is 22.1 Å². The third-order valence-corrected chi connectivity index (χ3v) is 10.5. The second-order valence-electron chi connectivity index (χ2n) is 11.0. The topological polar surface area (TPSA) is 302 Å². The van der Waals surface area contributed by atoms with Crippen LogP contribution in [-0.4, -0.2) is 106 Å². The lowest BCUT2D eigenvalue weighted by molar-refractivity contribution is -0.156. The summed E-state index contributed by atoms with van der Waals surface area (Å²) in [6, 6.07) is 5.79. The van der Waals surface area contributed by atoms with Gasteiger partial charge in [-0.05, 0) is 24.0 Å². The summed E-state index contributed by atoms with van der Waals surface area (Å²) in [5.74, 6) is -4.48. The quantitative estimate of drug-likeness (QED) is 0.0749. The van der Waals surface area contributed by atoms with E-state index in [2.05, 4.69) is 27.4 Å². The fraction of sp³-hybridized carbons (Fsp3) is 0.267. The normalized spacial score (nSPS) is 22.8. The smallest absolute Gasteiger partial charge is 0.353 e. The maximum Gasteiger partial charge on any atom is 0.353 e. The lowest BCUT2D eigenvalue weighted by Gasteiger charge is -2.49. The number of hydrogen-bond acceptors (Lipinski definition) is 13. The number of nitrogen functional groups attached to an aromatic ring is 1. The van der Waals surface area contributed by atoms with Gasteiger partial charge in [-0.2, -0.15) is 0 Å². The van der Waals surface area contributed by atoms with Crippen molar-refractivity contribution in [3.63, 3.8) is 0 Å². The first-order chi connectivity index (χ1) is 23.8. The highest BCUT2D eigenvalue weighted by atomic mass is 35.5. The number of nitrogens with two attached hydrogens (primary N) is 2. The number of carboxylic acid groups (broad SMARTS) is 2. The molecule has 4 aliphatic heterocycles. The van der Waals surface area contributed by atoms with E-state index in [-0.39, 0.29) is 38.4 Å². The highest BCUT2D eigenvalue weighted by Crippen LogP contribution is 2.41. The highest BCUT2D eigenvalue weighted by molar-refractivity contribution is 8.00. The summed E-state index contributed by atoms with van der Waals surface area (Å²) in [6.45, 7) is 3.56. The minimum Gasteiger partial charge on any atom is -0.477 e. The number of thioether (sulfide) groups is 1. The summed E-state index contributed by atoms with van der Waals surface area (Å²) < 4.78 is 0. The number of nitrogens with one attached hydrogen (secondary N) is 2. The molecule has 0 unspecified atom stereocenters. The number of amides is 4. The van der Waals surface area contributed by atoms with Crippen LogP contribution in [0.1, 0.15) is 30.1 Å². The Hall–Kier alpha value is -5.28. The molecule has 11 N–H and O–H groups in total. The second kappa shape index (κ2) is 15.7. The number of carbonyl (C=O) groups is 6. The first kappa shape index (κ1) is 38.5. The zero-order valence-electron chi connectivity index (χ0n) is 26.2. The number of halogens is 1. The molecule has 51 heavy (non-hydrogen) atoms. The summed E-state index contributed by atoms with van der Waals surface area (Å²) >= 11 is 8.28. The van der Waals surface area contributed by atoms with Gasteiger partial charge in [0.05, 0.1) is 6.04 Å². The molecule has 5 atom stereocenters. The summed E-state index contributed by atoms with van der Waals surface area (Å²) in [5, 5.41) is 36.9. The number of oxime groups is 1. The van der Waals surface area contributed by atoms with Gasteiger partial charge in [-0.3, -0.25) is 29.0 Å². The molecule has 0 aliphatic carbocycles. The predicted molar refractivity (Wildman–Crippen MR) is 184 cm³/mol. The van der Waals surface area contributed by atoms with E-state index in [1.54, 1.807) is 24.3 Å². The zero-order chi connectivity index (χ0) is 36.4. The fourth-order valence-corrected chi connectivity index (χ4v) is 7.86. The van der Waals surface area contributed by atoms with Gasteiger partial charge in [-0.25, -0.2) is 14.6 Å². The van der Waals surface area contributed by atoms with Crippen LogP contribution in [0, 0.1) is 0 Å². The number of benzene rings is 1. The number of aliphatic carboxylic acids is 2. The van der Waals surface area contributed by atoms with Gasteiger partial charge < -0.3 is 43.0 Å². The van der Waals surface area contributed by atoms with E-state index in [1.807, 2.05) is 6.07 Å². The lowest BCUT2D eigenvalue weighted by atomic mass is 9.86. The molecule has 21 heteroatoms. The van der Waals surface area contributed by atoms with Crippen molar-refractivity contribution in [2.24, 2.45) is 10.9 Å². The summed E-state index contributed by atoms with van der Waals surface area (Å²) in [6.07, 6.45) is 2.25. The van der Waals surface area contributed by atoms with Crippen LogP contribution in [0.4, 0.5) is 5.13 Å². The number of carbonyl (C=O) groups excluding carboxylic acids is 4. The SMILES string of the molecule is C=CC1=C(C(=O)O)N2C(=O)[C@@H](NC(=O)/C(=N\O)c3csc(N)n3)[C@H]2SC1.N[C@@H](C(=O)N[C@@H]1C(=O)N2C(C(=O)O)=C(Cl)CC[C@H]12)c1ccccc1.O. The summed E-state index contributed by atoms with van der Waals surface area (Å²) in [4.78, 5) is 78.1. The molecule has 18 nitrogen and oxygen atoms in total. The zero-order valence-corrected chi connectivity index (χ0v) is 28.6. The van der Waals surface area contributed by atoms with Gasteiger partial charge in [0.15, 0.2) is 10.8 Å². The highest BCUT2D eigenvalue weighted by Gasteiger charge is 2.55. The standard InChI is InChI=1S/C16H16ClN3O4.C14H13N5O5S2.H2O/c17-9-6-7-10-12(15(22)20(10)13(9)16(23)24)19-14(21)11(18)8-4-2-1-3-5-8;1-2-5-3-25-12-8(11(21)19(12)9(5)13(22)23)17-10(20)7(18-24)6-4-26-14(15)16-6;/h1-5,10-12H,6-7,18H2,(H,19,21)(H,23,24);2,4,8,12,24H,1,3H2,(H2,15,16)(H,17,20)(H,22,23);1H2/b;18-7-;/t10-,11-,12+;8-,12-;/m11./s1. The largest absolute Gasteiger partial charge is 0.477 e. The number of fused-ring (bicyclic) bond motifs is 2. The van der Waals surface area contributed by atoms with Crippen LogP contribution in [-0.2, 0) is 28.8 Å². The first-order valence-electron chi connectivity index (χ1n) is 14.6. The maximum absolute atomic E-state index is 12.4. The number of hydrogen-bond donors (Lipinski definition) is 7. The molecule has 0 spiro atoms. The molecular formula is C30H31ClN8O10S2. The number of aromatic nitrogens is 1. The molecule has 0 radical (unpaired) electrons. The average molecular weight is 763 g/mol. The van der Waals surface area contributed by atoms with Crippen LogP contribution in [0.3, 0.4) is 0 Å². The Kier molecular flexibility index (Phi) is 11.9. The van der Waals surface area contributed by atoms with Gasteiger partial charge in [0.25, 0.3) is 17.7 Å². The summed E-state index contributed by atoms with van der Waals surface area (Å²) in [5.41, 5.74) is 11.8. The number of allylic oxidation sites excluding steroid dienone is 2. The fourth-order valence-electron chi connectivity index (χ4n) is 5.69. The molecule has 0 saturated carbocycles. The van der Waals surface area contributed by atoms with E-state index in [0.29, 0.717) is 29.7 Å². The Morgan fingerprint density at radius 3 is 2.27 bits per heavy atom. The van der Waals surface area contributed by atoms with Crippen molar-refractivity contribution in [1.82, 2.24) is 25.4 Å². The van der Waals surface area contributed by atoms with Gasteiger partial charge in [0.2, 0.25) is 5.91 Å². The van der Waals surface area contributed by atoms with E-state index < -0.39 is 65.1 Å². The minimum absolute atomic E-state index is 0. The number of nitrogens with zero attached hydrogens (tertiary/aromatic N) is 4. The summed E-state index contributed by atoms with van der Waals surface area (Å²) in [7, 11) is 0. The molecule has 0 bridgehead atoms. The molecule has 4 aliphatic rings. The van der Waals surface area contributed by atoms with Crippen molar-refractivity contribution in [3.05, 3.63) is 81.6 Å². The molecule has 6 rings (SSSR count). The molecule has 2 aromatic rings. The molecule has 2 fully saturated rings. The Morgan fingerprint density at radius 2 is 1.71 bits per heavy atom. The van der Waals surface area contributed by atoms with Gasteiger partial charge >= 0.3 is 11.9 Å². The number of β-lactam (4-membered cyclic amide) rings is 2. The van der Waals surface area contributed by atoms with E-state index in [9.17, 15) is 39.0 Å². The number of thiazole rings is 1. The van der Waals surface area contributed by atoms with Crippen LogP contribution in [0.15, 0.2) is 75.5 Å². The van der Waals surface area contributed by atoms with E-state index >= 15 is 0 Å². The maximum atomic E-state index is 12.4. The Labute approximate surface area is 301 Å². The number of anilines is 1. The van der Waals surface area contributed by atoms with E-state index in [0.717, 1.165) is 21.1 Å². The van der Waals surface area contributed by atoms with Crippen molar-refractivity contribution in [2.45, 2.75) is 42.4 Å². The van der Waals surface area contributed by atoms with Crippen LogP contribution in [0.25, 0.3) is 0 Å².